The molecule has 6 heteroatoms. The summed E-state index contributed by atoms with van der Waals surface area (Å²) in [5.74, 6) is 0.341. The molecule has 1 aromatic rings. The number of sulfonamides is 1. The van der Waals surface area contributed by atoms with E-state index >= 15 is 0 Å². The molecule has 0 bridgehead atoms. The molecule has 0 saturated carbocycles. The van der Waals surface area contributed by atoms with Gasteiger partial charge in [-0.25, -0.2) is 12.7 Å². The van der Waals surface area contributed by atoms with Crippen molar-refractivity contribution in [2.24, 2.45) is 0 Å². The summed E-state index contributed by atoms with van der Waals surface area (Å²) in [4.78, 5) is 8.59. The van der Waals surface area contributed by atoms with Crippen LogP contribution in [0.15, 0.2) is 12.4 Å². The van der Waals surface area contributed by atoms with Gasteiger partial charge in [-0.3, -0.25) is 9.97 Å². The molecule has 18 heavy (non-hydrogen) atoms. The molecule has 0 aliphatic carbocycles. The maximum absolute atomic E-state index is 11.9. The van der Waals surface area contributed by atoms with Crippen LogP contribution in [-0.4, -0.2) is 41.5 Å². The van der Waals surface area contributed by atoms with Crippen molar-refractivity contribution in [2.45, 2.75) is 32.6 Å². The van der Waals surface area contributed by atoms with Crippen molar-refractivity contribution in [3.8, 4) is 0 Å². The molecule has 1 aliphatic heterocycles. The number of rotatable bonds is 3. The van der Waals surface area contributed by atoms with Crippen molar-refractivity contribution >= 4 is 10.0 Å². The van der Waals surface area contributed by atoms with Crippen molar-refractivity contribution in [3.63, 3.8) is 0 Å². The Bertz CT molecular complexity index is 516. The molecule has 1 atom stereocenters. The first-order valence-electron chi connectivity index (χ1n) is 6.30. The summed E-state index contributed by atoms with van der Waals surface area (Å²) in [6.07, 6.45) is 5.22. The van der Waals surface area contributed by atoms with E-state index in [2.05, 4.69) is 9.97 Å². The van der Waals surface area contributed by atoms with Crippen LogP contribution in [0.5, 0.6) is 0 Å². The molecule has 2 heterocycles. The molecule has 0 aromatic carbocycles. The molecule has 0 spiro atoms. The third kappa shape index (κ3) is 2.70. The first-order valence-corrected chi connectivity index (χ1v) is 7.91. The zero-order chi connectivity index (χ0) is 13.2. The fraction of sp³-hybridized carbons (Fsp3) is 0.667. The van der Waals surface area contributed by atoms with Gasteiger partial charge in [0, 0.05) is 31.4 Å². The van der Waals surface area contributed by atoms with Gasteiger partial charge in [0.2, 0.25) is 10.0 Å². The number of nitrogens with zero attached hydrogens (tertiary/aromatic N) is 3. The second-order valence-corrected chi connectivity index (χ2v) is 6.88. The summed E-state index contributed by atoms with van der Waals surface area (Å²) >= 11 is 0. The summed E-state index contributed by atoms with van der Waals surface area (Å²) in [5, 5.41) is 0. The predicted octanol–water partition coefficient (Wildman–Crippen LogP) is 1.31. The SMILES string of the molecule is CCS(=O)(=O)N1CCC[C@@H](c2nccnc2C)C1. The van der Waals surface area contributed by atoms with E-state index in [9.17, 15) is 8.42 Å². The lowest BCUT2D eigenvalue weighted by molar-refractivity contribution is 0.312. The van der Waals surface area contributed by atoms with Crippen molar-refractivity contribution in [3.05, 3.63) is 23.8 Å². The zero-order valence-electron chi connectivity index (χ0n) is 10.8. The van der Waals surface area contributed by atoms with Gasteiger partial charge in [0.25, 0.3) is 0 Å². The maximum atomic E-state index is 11.9. The Morgan fingerprint density at radius 3 is 2.78 bits per heavy atom. The molecular formula is C12H19N3O2S. The zero-order valence-corrected chi connectivity index (χ0v) is 11.7. The second-order valence-electron chi connectivity index (χ2n) is 4.62. The Labute approximate surface area is 108 Å². The minimum Gasteiger partial charge on any atom is -0.258 e. The summed E-state index contributed by atoms with van der Waals surface area (Å²) in [6, 6.07) is 0. The maximum Gasteiger partial charge on any atom is 0.213 e. The molecule has 1 fully saturated rings. The largest absolute Gasteiger partial charge is 0.258 e. The topological polar surface area (TPSA) is 63.2 Å². The molecule has 1 saturated heterocycles. The quantitative estimate of drug-likeness (QED) is 0.830. The summed E-state index contributed by atoms with van der Waals surface area (Å²) in [7, 11) is -3.09. The third-order valence-electron chi connectivity index (χ3n) is 3.45. The van der Waals surface area contributed by atoms with E-state index in [1.807, 2.05) is 6.92 Å². The minimum atomic E-state index is -3.09. The van der Waals surface area contributed by atoms with Crippen LogP contribution in [0, 0.1) is 6.92 Å². The standard InChI is InChI=1S/C12H19N3O2S/c1-3-18(16,17)15-8-4-5-11(9-15)12-10(2)13-6-7-14-12/h6-7,11H,3-5,8-9H2,1-2H3/t11-/m1/s1. The first-order chi connectivity index (χ1) is 8.54. The van der Waals surface area contributed by atoms with E-state index in [-0.39, 0.29) is 11.7 Å². The lowest BCUT2D eigenvalue weighted by Crippen LogP contribution is -2.40. The van der Waals surface area contributed by atoms with E-state index in [1.54, 1.807) is 23.6 Å². The number of hydrogen-bond donors (Lipinski definition) is 0. The Morgan fingerprint density at radius 1 is 1.39 bits per heavy atom. The number of aromatic nitrogens is 2. The molecule has 2 rings (SSSR count). The molecule has 1 aromatic heterocycles. The monoisotopic (exact) mass is 269 g/mol. The fourth-order valence-electron chi connectivity index (χ4n) is 2.42. The van der Waals surface area contributed by atoms with E-state index in [4.69, 9.17) is 0 Å². The van der Waals surface area contributed by atoms with Crippen molar-refractivity contribution < 1.29 is 8.42 Å². The molecule has 5 nitrogen and oxygen atoms in total. The van der Waals surface area contributed by atoms with Crippen LogP contribution in [0.2, 0.25) is 0 Å². The highest BCUT2D eigenvalue weighted by atomic mass is 32.2. The van der Waals surface area contributed by atoms with Gasteiger partial charge in [-0.05, 0) is 26.7 Å². The average molecular weight is 269 g/mol. The molecule has 0 unspecified atom stereocenters. The Morgan fingerprint density at radius 2 is 2.11 bits per heavy atom. The predicted molar refractivity (Wildman–Crippen MR) is 69.8 cm³/mol. The highest BCUT2D eigenvalue weighted by Crippen LogP contribution is 2.28. The van der Waals surface area contributed by atoms with Gasteiger partial charge in [0.15, 0.2) is 0 Å². The minimum absolute atomic E-state index is 0.166. The van der Waals surface area contributed by atoms with Crippen LogP contribution in [-0.2, 0) is 10.0 Å². The Kier molecular flexibility index (Phi) is 3.97. The lowest BCUT2D eigenvalue weighted by Gasteiger charge is -2.31. The van der Waals surface area contributed by atoms with Crippen LogP contribution >= 0.6 is 0 Å². The molecule has 0 N–H and O–H groups in total. The smallest absolute Gasteiger partial charge is 0.213 e. The molecule has 0 amide bonds. The Hall–Kier alpha value is -1.01. The Balaban J connectivity index is 2.20. The summed E-state index contributed by atoms with van der Waals surface area (Å²) in [6.45, 7) is 4.78. The normalized spacial score (nSPS) is 22.0. The molecule has 100 valence electrons. The lowest BCUT2D eigenvalue weighted by atomic mass is 9.95. The van der Waals surface area contributed by atoms with Gasteiger partial charge in [0.05, 0.1) is 17.1 Å². The van der Waals surface area contributed by atoms with Crippen LogP contribution in [0.3, 0.4) is 0 Å². The van der Waals surface area contributed by atoms with Crippen molar-refractivity contribution in [1.82, 2.24) is 14.3 Å². The van der Waals surface area contributed by atoms with Gasteiger partial charge >= 0.3 is 0 Å². The average Bonchev–Trinajstić information content (AvgIpc) is 2.39. The van der Waals surface area contributed by atoms with Crippen LogP contribution < -0.4 is 0 Å². The molecular weight excluding hydrogens is 250 g/mol. The number of piperidine rings is 1. The highest BCUT2D eigenvalue weighted by molar-refractivity contribution is 7.89. The first kappa shape index (κ1) is 13.4. The molecule has 0 radical (unpaired) electrons. The van der Waals surface area contributed by atoms with Gasteiger partial charge in [-0.1, -0.05) is 0 Å². The van der Waals surface area contributed by atoms with Gasteiger partial charge in [0.1, 0.15) is 0 Å². The van der Waals surface area contributed by atoms with E-state index in [0.29, 0.717) is 13.1 Å². The second kappa shape index (κ2) is 5.32. The van der Waals surface area contributed by atoms with Crippen LogP contribution in [0.4, 0.5) is 0 Å². The summed E-state index contributed by atoms with van der Waals surface area (Å²) in [5.41, 5.74) is 1.84. The number of hydrogen-bond acceptors (Lipinski definition) is 4. The highest BCUT2D eigenvalue weighted by Gasteiger charge is 2.29. The van der Waals surface area contributed by atoms with E-state index < -0.39 is 10.0 Å². The van der Waals surface area contributed by atoms with Crippen molar-refractivity contribution in [1.29, 1.82) is 0 Å². The third-order valence-corrected chi connectivity index (χ3v) is 5.30. The van der Waals surface area contributed by atoms with Gasteiger partial charge < -0.3 is 0 Å². The van der Waals surface area contributed by atoms with Crippen molar-refractivity contribution in [2.75, 3.05) is 18.8 Å². The van der Waals surface area contributed by atoms with E-state index in [0.717, 1.165) is 24.2 Å². The fourth-order valence-corrected chi connectivity index (χ4v) is 3.60. The van der Waals surface area contributed by atoms with Gasteiger partial charge in [-0.15, -0.1) is 0 Å². The number of aryl methyl sites for hydroxylation is 1. The van der Waals surface area contributed by atoms with Crippen LogP contribution in [0.25, 0.3) is 0 Å². The van der Waals surface area contributed by atoms with E-state index in [1.165, 1.54) is 0 Å². The molecule has 1 aliphatic rings. The summed E-state index contributed by atoms with van der Waals surface area (Å²) < 4.78 is 25.4. The van der Waals surface area contributed by atoms with Crippen LogP contribution in [0.1, 0.15) is 37.1 Å². The van der Waals surface area contributed by atoms with Gasteiger partial charge in [-0.2, -0.15) is 0 Å².